The average Bonchev–Trinajstić information content (AvgIpc) is 2.62. The van der Waals surface area contributed by atoms with Crippen molar-refractivity contribution in [2.24, 2.45) is 10.9 Å². The molecule has 0 radical (unpaired) electrons. The predicted octanol–water partition coefficient (Wildman–Crippen LogP) is 1.76. The Balaban J connectivity index is 2.29. The van der Waals surface area contributed by atoms with Gasteiger partial charge >= 0.3 is 0 Å². The number of sulfone groups is 1. The lowest BCUT2D eigenvalue weighted by Crippen LogP contribution is -2.14. The molecule has 13 heavy (non-hydrogen) atoms. The Morgan fingerprint density at radius 1 is 1.62 bits per heavy atom. The third-order valence-corrected chi connectivity index (χ3v) is 6.41. The number of allylic oxidation sites excluding steroid dienone is 1. The molecule has 0 saturated carbocycles. The first-order chi connectivity index (χ1) is 6.12. The second-order valence-electron chi connectivity index (χ2n) is 2.98. The predicted molar refractivity (Wildman–Crippen MR) is 58.8 cm³/mol. The van der Waals surface area contributed by atoms with Gasteiger partial charge in [-0.2, -0.15) is 11.8 Å². The Labute approximate surface area is 89.7 Å². The summed E-state index contributed by atoms with van der Waals surface area (Å²) in [6.07, 6.45) is 2.43. The van der Waals surface area contributed by atoms with Crippen LogP contribution in [0.5, 0.6) is 0 Å². The zero-order valence-electron chi connectivity index (χ0n) is 6.73. The highest BCUT2D eigenvalue weighted by atomic mass is 79.9. The van der Waals surface area contributed by atoms with Gasteiger partial charge in [0.25, 0.3) is 0 Å². The second kappa shape index (κ2) is 3.40. The fourth-order valence-electron chi connectivity index (χ4n) is 1.43. The Hall–Kier alpha value is 0.190. The van der Waals surface area contributed by atoms with E-state index in [0.717, 1.165) is 17.9 Å². The van der Waals surface area contributed by atoms with Crippen molar-refractivity contribution in [1.29, 1.82) is 0 Å². The molecule has 0 aromatic carbocycles. The van der Waals surface area contributed by atoms with Crippen LogP contribution in [-0.4, -0.2) is 23.9 Å². The van der Waals surface area contributed by atoms with Crippen LogP contribution in [0.2, 0.25) is 0 Å². The molecule has 0 amide bonds. The van der Waals surface area contributed by atoms with E-state index >= 15 is 0 Å². The first-order valence-electron chi connectivity index (χ1n) is 3.88. The van der Waals surface area contributed by atoms with E-state index in [0.29, 0.717) is 4.91 Å². The van der Waals surface area contributed by atoms with Gasteiger partial charge in [-0.05, 0) is 28.1 Å². The molecule has 0 bridgehead atoms. The Morgan fingerprint density at radius 2 is 2.38 bits per heavy atom. The zero-order chi connectivity index (χ0) is 9.47. The molecule has 0 N–H and O–H groups in total. The molecule has 1 saturated heterocycles. The summed E-state index contributed by atoms with van der Waals surface area (Å²) in [7, 11) is -3.23. The normalized spacial score (nSPS) is 31.6. The first kappa shape index (κ1) is 9.73. The molecule has 1 atom stereocenters. The highest BCUT2D eigenvalue weighted by molar-refractivity contribution is 9.21. The number of hydrogen-bond donors (Lipinski definition) is 0. The van der Waals surface area contributed by atoms with Crippen LogP contribution in [0.1, 0.15) is 6.42 Å². The molecule has 2 aliphatic rings. The molecular formula is C7H8BrNO2S2. The SMILES string of the molecule is O=S1(=O)C(C2CCSC2)=CN=C1Br. The highest BCUT2D eigenvalue weighted by Gasteiger charge is 2.34. The zero-order valence-corrected chi connectivity index (χ0v) is 9.95. The van der Waals surface area contributed by atoms with Crippen molar-refractivity contribution >= 4 is 41.5 Å². The second-order valence-corrected chi connectivity index (χ2v) is 7.27. The molecule has 0 aromatic rings. The molecule has 2 rings (SSSR count). The van der Waals surface area contributed by atoms with Gasteiger partial charge in [0, 0.05) is 17.9 Å². The maximum absolute atomic E-state index is 11.6. The molecule has 0 aliphatic carbocycles. The summed E-state index contributed by atoms with van der Waals surface area (Å²) in [6.45, 7) is 0. The lowest BCUT2D eigenvalue weighted by atomic mass is 10.1. The average molecular weight is 282 g/mol. The fraction of sp³-hybridized carbons (Fsp3) is 0.571. The smallest absolute Gasteiger partial charge is 0.228 e. The van der Waals surface area contributed by atoms with E-state index < -0.39 is 9.84 Å². The molecule has 6 heteroatoms. The van der Waals surface area contributed by atoms with Crippen LogP contribution in [0.15, 0.2) is 16.1 Å². The maximum atomic E-state index is 11.6. The molecule has 0 aromatic heterocycles. The van der Waals surface area contributed by atoms with Gasteiger partial charge in [0.15, 0.2) is 0 Å². The molecule has 1 unspecified atom stereocenters. The highest BCUT2D eigenvalue weighted by Crippen LogP contribution is 2.35. The van der Waals surface area contributed by atoms with Gasteiger partial charge in [-0.3, -0.25) is 0 Å². The maximum Gasteiger partial charge on any atom is 0.228 e. The first-order valence-corrected chi connectivity index (χ1v) is 7.31. The van der Waals surface area contributed by atoms with Gasteiger partial charge in [-0.15, -0.1) is 0 Å². The number of thioether (sulfide) groups is 1. The van der Waals surface area contributed by atoms with Crippen LogP contribution in [0.3, 0.4) is 0 Å². The van der Waals surface area contributed by atoms with Crippen LogP contribution in [0, 0.1) is 5.92 Å². The molecule has 0 spiro atoms. The molecule has 2 aliphatic heterocycles. The number of rotatable bonds is 1. The minimum atomic E-state index is -3.23. The summed E-state index contributed by atoms with van der Waals surface area (Å²) < 4.78 is 23.3. The molecule has 2 heterocycles. The van der Waals surface area contributed by atoms with Crippen molar-refractivity contribution in [2.45, 2.75) is 6.42 Å². The molecule has 1 fully saturated rings. The van der Waals surface area contributed by atoms with Crippen molar-refractivity contribution in [3.63, 3.8) is 0 Å². The van der Waals surface area contributed by atoms with Gasteiger partial charge in [-0.25, -0.2) is 13.4 Å². The monoisotopic (exact) mass is 281 g/mol. The van der Waals surface area contributed by atoms with E-state index in [2.05, 4.69) is 20.9 Å². The lowest BCUT2D eigenvalue weighted by molar-refractivity contribution is 0.604. The van der Waals surface area contributed by atoms with Crippen LogP contribution in [0.4, 0.5) is 0 Å². The summed E-state index contributed by atoms with van der Waals surface area (Å²) in [6, 6.07) is 0. The summed E-state index contributed by atoms with van der Waals surface area (Å²) in [5, 5.41) is 0. The summed E-state index contributed by atoms with van der Waals surface area (Å²) >= 11 is 4.75. The van der Waals surface area contributed by atoms with E-state index in [1.165, 1.54) is 6.20 Å². The number of halogens is 1. The van der Waals surface area contributed by atoms with Crippen LogP contribution >= 0.6 is 27.7 Å². The van der Waals surface area contributed by atoms with E-state index in [1.807, 2.05) is 0 Å². The van der Waals surface area contributed by atoms with Crippen molar-refractivity contribution in [3.8, 4) is 0 Å². The van der Waals surface area contributed by atoms with E-state index in [1.54, 1.807) is 11.8 Å². The number of aliphatic imine (C=N–C) groups is 1. The molecular weight excluding hydrogens is 274 g/mol. The van der Waals surface area contributed by atoms with Crippen molar-refractivity contribution in [1.82, 2.24) is 0 Å². The van der Waals surface area contributed by atoms with Crippen LogP contribution in [0.25, 0.3) is 0 Å². The molecule has 72 valence electrons. The van der Waals surface area contributed by atoms with E-state index in [4.69, 9.17) is 0 Å². The largest absolute Gasteiger partial charge is 0.236 e. The summed E-state index contributed by atoms with van der Waals surface area (Å²) in [4.78, 5) is 4.28. The van der Waals surface area contributed by atoms with Crippen molar-refractivity contribution in [3.05, 3.63) is 11.1 Å². The Bertz CT molecular complexity index is 379. The van der Waals surface area contributed by atoms with Crippen molar-refractivity contribution in [2.75, 3.05) is 11.5 Å². The Kier molecular flexibility index (Phi) is 2.55. The third-order valence-electron chi connectivity index (χ3n) is 2.16. The van der Waals surface area contributed by atoms with Gasteiger partial charge in [0.2, 0.25) is 13.8 Å². The van der Waals surface area contributed by atoms with Gasteiger partial charge < -0.3 is 0 Å². The lowest BCUT2D eigenvalue weighted by Gasteiger charge is -2.07. The van der Waals surface area contributed by atoms with Crippen LogP contribution < -0.4 is 0 Å². The van der Waals surface area contributed by atoms with Crippen LogP contribution in [-0.2, 0) is 9.84 Å². The minimum absolute atomic E-state index is 0.0619. The quantitative estimate of drug-likeness (QED) is 0.736. The Morgan fingerprint density at radius 3 is 2.85 bits per heavy atom. The van der Waals surface area contributed by atoms with Gasteiger partial charge in [0.1, 0.15) is 0 Å². The third kappa shape index (κ3) is 1.59. The minimum Gasteiger partial charge on any atom is -0.236 e. The van der Waals surface area contributed by atoms with Crippen molar-refractivity contribution < 1.29 is 8.42 Å². The van der Waals surface area contributed by atoms with E-state index in [-0.39, 0.29) is 9.87 Å². The topological polar surface area (TPSA) is 46.5 Å². The summed E-state index contributed by atoms with van der Waals surface area (Å²) in [5.41, 5.74) is 0. The number of hydrogen-bond acceptors (Lipinski definition) is 4. The molecule has 3 nitrogen and oxygen atoms in total. The van der Waals surface area contributed by atoms with E-state index in [9.17, 15) is 8.42 Å². The fourth-order valence-corrected chi connectivity index (χ4v) is 4.67. The standard InChI is InChI=1S/C7H8BrNO2S2/c8-7-9-3-6(13(7,10)11)5-1-2-12-4-5/h3,5H,1-2,4H2. The van der Waals surface area contributed by atoms with Gasteiger partial charge in [-0.1, -0.05) is 0 Å². The number of nitrogens with zero attached hydrogens (tertiary/aromatic N) is 1. The summed E-state index contributed by atoms with van der Waals surface area (Å²) in [5.74, 6) is 2.13. The van der Waals surface area contributed by atoms with Gasteiger partial charge in [0.05, 0.1) is 4.91 Å².